The Labute approximate surface area is 132 Å². The van der Waals surface area contributed by atoms with Crippen LogP contribution >= 0.6 is 0 Å². The number of ether oxygens (including phenoxy) is 1. The van der Waals surface area contributed by atoms with Gasteiger partial charge in [-0.05, 0) is 38.5 Å². The molecule has 0 spiro atoms. The number of amides is 2. The average Bonchev–Trinajstić information content (AvgIpc) is 2.51. The van der Waals surface area contributed by atoms with Crippen molar-refractivity contribution in [1.82, 2.24) is 10.2 Å². The van der Waals surface area contributed by atoms with Crippen LogP contribution in [0, 0.1) is 0 Å². The molecule has 1 N–H and O–H groups in total. The van der Waals surface area contributed by atoms with Crippen LogP contribution < -0.4 is 10.1 Å². The smallest absolute Gasteiger partial charge is 0.242 e. The van der Waals surface area contributed by atoms with E-state index >= 15 is 0 Å². The highest BCUT2D eigenvalue weighted by Crippen LogP contribution is 2.15. The van der Waals surface area contributed by atoms with Crippen LogP contribution in [-0.2, 0) is 16.1 Å². The molecule has 22 heavy (non-hydrogen) atoms. The fourth-order valence-electron chi connectivity index (χ4n) is 2.12. The van der Waals surface area contributed by atoms with Gasteiger partial charge in [0, 0.05) is 19.0 Å². The number of benzene rings is 1. The molecule has 0 heterocycles. The fourth-order valence-corrected chi connectivity index (χ4v) is 2.12. The van der Waals surface area contributed by atoms with Gasteiger partial charge in [0.1, 0.15) is 11.8 Å². The Bertz CT molecular complexity index is 497. The minimum Gasteiger partial charge on any atom is -0.497 e. The van der Waals surface area contributed by atoms with Gasteiger partial charge in [0.25, 0.3) is 0 Å². The highest BCUT2D eigenvalue weighted by atomic mass is 16.5. The summed E-state index contributed by atoms with van der Waals surface area (Å²) in [6.07, 6.45) is 0.370. The van der Waals surface area contributed by atoms with Crippen molar-refractivity contribution in [3.8, 4) is 5.75 Å². The zero-order chi connectivity index (χ0) is 16.7. The lowest BCUT2D eigenvalue weighted by Crippen LogP contribution is -2.48. The Morgan fingerprint density at radius 1 is 1.18 bits per heavy atom. The maximum absolute atomic E-state index is 12.2. The molecular formula is C17H26N2O3. The molecule has 0 fully saturated rings. The van der Waals surface area contributed by atoms with Crippen LogP contribution in [0.15, 0.2) is 24.3 Å². The van der Waals surface area contributed by atoms with Crippen molar-refractivity contribution in [2.75, 3.05) is 7.11 Å². The first-order valence-electron chi connectivity index (χ1n) is 7.61. The monoisotopic (exact) mass is 306 g/mol. The molecule has 0 unspecified atom stereocenters. The summed E-state index contributed by atoms with van der Waals surface area (Å²) in [5.41, 5.74) is 0.965. The van der Waals surface area contributed by atoms with Gasteiger partial charge in [-0.25, -0.2) is 0 Å². The van der Waals surface area contributed by atoms with Crippen molar-refractivity contribution in [2.24, 2.45) is 0 Å². The van der Waals surface area contributed by atoms with E-state index in [4.69, 9.17) is 4.74 Å². The van der Waals surface area contributed by atoms with E-state index < -0.39 is 6.04 Å². The molecule has 0 aliphatic rings. The van der Waals surface area contributed by atoms with Crippen LogP contribution in [0.3, 0.4) is 0 Å². The Balaban J connectivity index is 2.87. The largest absolute Gasteiger partial charge is 0.497 e. The van der Waals surface area contributed by atoms with Gasteiger partial charge >= 0.3 is 0 Å². The molecule has 5 nitrogen and oxygen atoms in total. The lowest BCUT2D eigenvalue weighted by Gasteiger charge is -2.29. The maximum atomic E-state index is 12.2. The molecule has 0 aliphatic carbocycles. The molecule has 0 aromatic heterocycles. The fraction of sp³-hybridized carbons (Fsp3) is 0.529. The number of nitrogens with zero attached hydrogens (tertiary/aromatic N) is 1. The van der Waals surface area contributed by atoms with Crippen molar-refractivity contribution >= 4 is 11.8 Å². The van der Waals surface area contributed by atoms with E-state index in [1.807, 2.05) is 38.1 Å². The van der Waals surface area contributed by atoms with E-state index in [1.165, 1.54) is 0 Å². The van der Waals surface area contributed by atoms with E-state index in [2.05, 4.69) is 5.32 Å². The van der Waals surface area contributed by atoms with Gasteiger partial charge in [0.05, 0.1) is 7.11 Å². The molecule has 1 aromatic rings. The quantitative estimate of drug-likeness (QED) is 0.841. The summed E-state index contributed by atoms with van der Waals surface area (Å²) in [5.74, 6) is 0.593. The molecular weight excluding hydrogens is 280 g/mol. The molecule has 5 heteroatoms. The van der Waals surface area contributed by atoms with Gasteiger partial charge in [0.15, 0.2) is 0 Å². The first-order chi connectivity index (χ1) is 10.4. The van der Waals surface area contributed by atoms with Crippen molar-refractivity contribution in [2.45, 2.75) is 52.7 Å². The minimum absolute atomic E-state index is 0.0396. The van der Waals surface area contributed by atoms with Crippen molar-refractivity contribution in [3.63, 3.8) is 0 Å². The number of carbonyl (C=O) groups excluding carboxylic acids is 2. The molecule has 0 aliphatic heterocycles. The van der Waals surface area contributed by atoms with Crippen LogP contribution in [0.25, 0.3) is 0 Å². The molecule has 1 rings (SSSR count). The van der Waals surface area contributed by atoms with Crippen LogP contribution in [0.1, 0.15) is 39.7 Å². The van der Waals surface area contributed by atoms with E-state index in [9.17, 15) is 9.59 Å². The summed E-state index contributed by atoms with van der Waals surface area (Å²) < 4.78 is 5.13. The van der Waals surface area contributed by atoms with E-state index in [-0.39, 0.29) is 17.9 Å². The number of hydrogen-bond acceptors (Lipinski definition) is 3. The summed E-state index contributed by atoms with van der Waals surface area (Å²) in [7, 11) is 1.61. The number of nitrogens with one attached hydrogen (secondary N) is 1. The van der Waals surface area contributed by atoms with E-state index in [1.54, 1.807) is 25.9 Å². The molecule has 2 amide bonds. The van der Waals surface area contributed by atoms with E-state index in [0.717, 1.165) is 11.3 Å². The lowest BCUT2D eigenvalue weighted by molar-refractivity contribution is -0.140. The summed E-state index contributed by atoms with van der Waals surface area (Å²) in [6, 6.07) is 7.06. The molecule has 1 atom stereocenters. The third kappa shape index (κ3) is 5.06. The first-order valence-corrected chi connectivity index (χ1v) is 7.61. The standard InChI is InChI=1S/C17H26N2O3/c1-6-16(20)19(13(4)17(21)18-12(2)3)11-14-7-9-15(22-5)10-8-14/h7-10,12-13H,6,11H2,1-5H3,(H,18,21)/t13-/m1/s1. The summed E-state index contributed by atoms with van der Waals surface area (Å²) >= 11 is 0. The van der Waals surface area contributed by atoms with E-state index in [0.29, 0.717) is 13.0 Å². The zero-order valence-electron chi connectivity index (χ0n) is 14.1. The Morgan fingerprint density at radius 2 is 1.77 bits per heavy atom. The second kappa shape index (κ2) is 8.41. The maximum Gasteiger partial charge on any atom is 0.242 e. The van der Waals surface area contributed by atoms with Crippen molar-refractivity contribution < 1.29 is 14.3 Å². The van der Waals surface area contributed by atoms with Crippen molar-refractivity contribution in [1.29, 1.82) is 0 Å². The highest BCUT2D eigenvalue weighted by Gasteiger charge is 2.25. The number of carbonyl (C=O) groups is 2. The van der Waals surface area contributed by atoms with Crippen LogP contribution in [0.5, 0.6) is 5.75 Å². The average molecular weight is 306 g/mol. The predicted octanol–water partition coefficient (Wildman–Crippen LogP) is 2.35. The second-order valence-electron chi connectivity index (χ2n) is 5.56. The third-order valence-electron chi connectivity index (χ3n) is 3.41. The van der Waals surface area contributed by atoms with Crippen LogP contribution in [0.2, 0.25) is 0 Å². The molecule has 0 radical (unpaired) electrons. The van der Waals surface area contributed by atoms with Gasteiger partial charge in [-0.1, -0.05) is 19.1 Å². The zero-order valence-corrected chi connectivity index (χ0v) is 14.1. The molecule has 0 bridgehead atoms. The third-order valence-corrected chi connectivity index (χ3v) is 3.41. The van der Waals surface area contributed by atoms with Crippen LogP contribution in [0.4, 0.5) is 0 Å². The first kappa shape index (κ1) is 18.0. The lowest BCUT2D eigenvalue weighted by atomic mass is 10.1. The van der Waals surface area contributed by atoms with Crippen LogP contribution in [-0.4, -0.2) is 35.9 Å². The number of rotatable bonds is 7. The molecule has 122 valence electrons. The van der Waals surface area contributed by atoms with Gasteiger partial charge in [-0.15, -0.1) is 0 Å². The topological polar surface area (TPSA) is 58.6 Å². The van der Waals surface area contributed by atoms with Gasteiger partial charge in [-0.3, -0.25) is 9.59 Å². The minimum atomic E-state index is -0.503. The summed E-state index contributed by atoms with van der Waals surface area (Å²) in [4.78, 5) is 26.0. The Kier molecular flexibility index (Phi) is 6.89. The van der Waals surface area contributed by atoms with Gasteiger partial charge < -0.3 is 15.0 Å². The highest BCUT2D eigenvalue weighted by molar-refractivity contribution is 5.87. The Hall–Kier alpha value is -2.04. The molecule has 0 saturated carbocycles. The predicted molar refractivity (Wildman–Crippen MR) is 86.6 cm³/mol. The Morgan fingerprint density at radius 3 is 2.23 bits per heavy atom. The summed E-state index contributed by atoms with van der Waals surface area (Å²) in [6.45, 7) is 7.77. The number of methoxy groups -OCH3 is 1. The molecule has 1 aromatic carbocycles. The van der Waals surface area contributed by atoms with Gasteiger partial charge in [0.2, 0.25) is 11.8 Å². The SMILES string of the molecule is CCC(=O)N(Cc1ccc(OC)cc1)[C@H](C)C(=O)NC(C)C. The summed E-state index contributed by atoms with van der Waals surface area (Å²) in [5, 5.41) is 2.85. The van der Waals surface area contributed by atoms with Crippen molar-refractivity contribution in [3.05, 3.63) is 29.8 Å². The second-order valence-corrected chi connectivity index (χ2v) is 5.56. The number of hydrogen-bond donors (Lipinski definition) is 1. The molecule has 0 saturated heterocycles. The normalized spacial score (nSPS) is 11.9. The van der Waals surface area contributed by atoms with Gasteiger partial charge in [-0.2, -0.15) is 0 Å².